The second kappa shape index (κ2) is 36.8. The van der Waals surface area contributed by atoms with Crippen molar-refractivity contribution >= 4 is 11.9 Å². The van der Waals surface area contributed by atoms with Crippen molar-refractivity contribution in [2.75, 3.05) is 26.3 Å². The molecule has 0 bridgehead atoms. The lowest BCUT2D eigenvalue weighted by molar-refractivity contribution is -0.150. The highest BCUT2D eigenvalue weighted by molar-refractivity contribution is 5.69. The molecule has 1 N–H and O–H groups in total. The molecule has 6 heteroatoms. The van der Waals surface area contributed by atoms with E-state index in [1.165, 1.54) is 161 Å². The number of piperidine rings is 1. The summed E-state index contributed by atoms with van der Waals surface area (Å²) < 4.78 is 11.5. The predicted molar refractivity (Wildman–Crippen MR) is 221 cm³/mol. The second-order valence-corrected chi connectivity index (χ2v) is 16.4. The molecule has 1 aliphatic heterocycles. The van der Waals surface area contributed by atoms with Crippen molar-refractivity contribution in [1.82, 2.24) is 4.90 Å². The molecule has 0 aliphatic carbocycles. The summed E-state index contributed by atoms with van der Waals surface area (Å²) in [4.78, 5) is 27.4. The van der Waals surface area contributed by atoms with Gasteiger partial charge in [-0.15, -0.1) is 0 Å². The molecule has 1 heterocycles. The van der Waals surface area contributed by atoms with Crippen LogP contribution in [0.4, 0.5) is 0 Å². The summed E-state index contributed by atoms with van der Waals surface area (Å²) in [6, 6.07) is 0.575. The molecule has 2 atom stereocenters. The van der Waals surface area contributed by atoms with E-state index < -0.39 is 0 Å². The van der Waals surface area contributed by atoms with E-state index in [1.807, 2.05) is 0 Å². The molecular weight excluding hydrogens is 647 g/mol. The third-order valence-electron chi connectivity index (χ3n) is 11.5. The van der Waals surface area contributed by atoms with Gasteiger partial charge in [0, 0.05) is 32.0 Å². The number of β-amino-alcohol motifs (C(OH)–C–C–N with tert-alkyl or cyclic N) is 1. The number of nitrogens with zero attached hydrogens (tertiary/aromatic N) is 1. The van der Waals surface area contributed by atoms with Crippen LogP contribution in [0.5, 0.6) is 0 Å². The third kappa shape index (κ3) is 29.2. The van der Waals surface area contributed by atoms with Crippen LogP contribution in [0.15, 0.2) is 0 Å². The summed E-state index contributed by atoms with van der Waals surface area (Å²) in [5, 5.41) is 9.77. The van der Waals surface area contributed by atoms with E-state index in [-0.39, 0.29) is 24.6 Å². The molecular formula is C46H89NO5. The van der Waals surface area contributed by atoms with Crippen molar-refractivity contribution in [2.45, 2.75) is 251 Å². The lowest BCUT2D eigenvalue weighted by Gasteiger charge is -2.39. The zero-order valence-electron chi connectivity index (χ0n) is 35.1. The van der Waals surface area contributed by atoms with Crippen LogP contribution in [0.25, 0.3) is 0 Å². The summed E-state index contributed by atoms with van der Waals surface area (Å²) in [5.41, 5.74) is 0. The highest BCUT2D eigenvalue weighted by atomic mass is 16.5. The van der Waals surface area contributed by atoms with Crippen LogP contribution in [0.1, 0.15) is 239 Å². The Bertz CT molecular complexity index is 775. The fourth-order valence-electron chi connectivity index (χ4n) is 8.16. The number of likely N-dealkylation sites (tertiary alicyclic amines) is 1. The molecule has 0 amide bonds. The number of carbonyl (C=O) groups is 2. The minimum absolute atomic E-state index is 0.0235. The molecule has 0 aromatic rings. The minimum Gasteiger partial charge on any atom is -0.466 e. The van der Waals surface area contributed by atoms with Gasteiger partial charge in [0.25, 0.3) is 0 Å². The van der Waals surface area contributed by atoms with Crippen LogP contribution >= 0.6 is 0 Å². The predicted octanol–water partition coefficient (Wildman–Crippen LogP) is 13.1. The van der Waals surface area contributed by atoms with Gasteiger partial charge < -0.3 is 14.6 Å². The molecule has 0 aromatic carbocycles. The Kier molecular flexibility index (Phi) is 34.6. The number of aliphatic hydroxyl groups excluding tert-OH is 1. The molecule has 52 heavy (non-hydrogen) atoms. The van der Waals surface area contributed by atoms with Gasteiger partial charge in [0.1, 0.15) is 6.10 Å². The van der Waals surface area contributed by atoms with Crippen LogP contribution in [0.2, 0.25) is 0 Å². The van der Waals surface area contributed by atoms with Crippen LogP contribution in [0, 0.1) is 5.92 Å². The van der Waals surface area contributed by atoms with Gasteiger partial charge in [0.15, 0.2) is 0 Å². The van der Waals surface area contributed by atoms with E-state index in [9.17, 15) is 14.7 Å². The zero-order valence-corrected chi connectivity index (χ0v) is 35.1. The molecule has 0 radical (unpaired) electrons. The average Bonchev–Trinajstić information content (AvgIpc) is 3.14. The number of carbonyl (C=O) groups excluding carboxylic acids is 2. The van der Waals surface area contributed by atoms with Gasteiger partial charge >= 0.3 is 11.9 Å². The van der Waals surface area contributed by atoms with Crippen LogP contribution in [0.3, 0.4) is 0 Å². The monoisotopic (exact) mass is 736 g/mol. The summed E-state index contributed by atoms with van der Waals surface area (Å²) in [6.45, 7) is 9.45. The third-order valence-corrected chi connectivity index (χ3v) is 11.5. The molecule has 1 saturated heterocycles. The van der Waals surface area contributed by atoms with Crippen molar-refractivity contribution in [1.29, 1.82) is 0 Å². The van der Waals surface area contributed by atoms with Crippen molar-refractivity contribution in [3.8, 4) is 0 Å². The Labute approximate surface area is 323 Å². The Morgan fingerprint density at radius 2 is 1.06 bits per heavy atom. The van der Waals surface area contributed by atoms with E-state index in [0.717, 1.165) is 58.0 Å². The van der Waals surface area contributed by atoms with Crippen LogP contribution in [-0.2, 0) is 19.1 Å². The first-order valence-electron chi connectivity index (χ1n) is 23.2. The van der Waals surface area contributed by atoms with E-state index in [1.54, 1.807) is 0 Å². The molecule has 0 aromatic heterocycles. The smallest absolute Gasteiger partial charge is 0.306 e. The molecule has 0 spiro atoms. The summed E-state index contributed by atoms with van der Waals surface area (Å²) in [7, 11) is 0. The average molecular weight is 736 g/mol. The van der Waals surface area contributed by atoms with Crippen molar-refractivity contribution < 1.29 is 24.2 Å². The lowest BCUT2D eigenvalue weighted by atomic mass is 9.86. The SMILES string of the molecule is CCCCCCCCCOC(=O)CCCCCCC1CCC(CCCCCC(=O)OC(CCCCCCCC)CCCCCCCC)CN1CCO. The Morgan fingerprint density at radius 1 is 0.577 bits per heavy atom. The maximum absolute atomic E-state index is 12.8. The standard InChI is InChI=1S/C46H89NO5/c1-4-7-10-13-16-21-29-40-51-45(49)34-27-20-19-24-31-43-37-36-42(41-47(43)38-39-48)30-23-22-28-35-46(50)52-44(32-25-17-14-11-8-5-2)33-26-18-15-12-9-6-3/h42-44,48H,4-41H2,1-3H3. The number of rotatable bonds is 38. The molecule has 6 nitrogen and oxygen atoms in total. The minimum atomic E-state index is -0.0235. The van der Waals surface area contributed by atoms with Crippen molar-refractivity contribution in [2.24, 2.45) is 5.92 Å². The van der Waals surface area contributed by atoms with Gasteiger partial charge in [-0.25, -0.2) is 0 Å². The summed E-state index contributed by atoms with van der Waals surface area (Å²) in [5.74, 6) is 0.695. The fourth-order valence-corrected chi connectivity index (χ4v) is 8.16. The van der Waals surface area contributed by atoms with E-state index in [4.69, 9.17) is 9.47 Å². The number of esters is 2. The number of hydrogen-bond acceptors (Lipinski definition) is 6. The van der Waals surface area contributed by atoms with Gasteiger partial charge in [-0.1, -0.05) is 156 Å². The number of hydrogen-bond donors (Lipinski definition) is 1. The topological polar surface area (TPSA) is 76.1 Å². The highest BCUT2D eigenvalue weighted by Crippen LogP contribution is 2.29. The van der Waals surface area contributed by atoms with E-state index in [0.29, 0.717) is 31.4 Å². The lowest BCUT2D eigenvalue weighted by Crippen LogP contribution is -2.44. The fraction of sp³-hybridized carbons (Fsp3) is 0.957. The van der Waals surface area contributed by atoms with Crippen molar-refractivity contribution in [3.05, 3.63) is 0 Å². The maximum atomic E-state index is 12.8. The second-order valence-electron chi connectivity index (χ2n) is 16.4. The quantitative estimate of drug-likeness (QED) is 0.0502. The first-order chi connectivity index (χ1) is 25.5. The molecule has 1 rings (SSSR count). The zero-order chi connectivity index (χ0) is 37.7. The highest BCUT2D eigenvalue weighted by Gasteiger charge is 2.27. The molecule has 0 saturated carbocycles. The maximum Gasteiger partial charge on any atom is 0.306 e. The molecule has 1 fully saturated rings. The number of aliphatic hydroxyl groups is 1. The number of unbranched alkanes of at least 4 members (excludes halogenated alkanes) is 21. The molecule has 1 aliphatic rings. The number of ether oxygens (including phenoxy) is 2. The summed E-state index contributed by atoms with van der Waals surface area (Å²) >= 11 is 0. The van der Waals surface area contributed by atoms with Gasteiger partial charge in [-0.05, 0) is 76.5 Å². The first-order valence-corrected chi connectivity index (χ1v) is 23.2. The van der Waals surface area contributed by atoms with E-state index >= 15 is 0 Å². The first kappa shape index (κ1) is 48.9. The summed E-state index contributed by atoms with van der Waals surface area (Å²) in [6.07, 6.45) is 39.9. The molecule has 2 unspecified atom stereocenters. The molecule has 308 valence electrons. The Morgan fingerprint density at radius 3 is 1.65 bits per heavy atom. The van der Waals surface area contributed by atoms with Crippen LogP contribution in [-0.4, -0.2) is 60.4 Å². The van der Waals surface area contributed by atoms with Gasteiger partial charge in [-0.3, -0.25) is 14.5 Å². The Balaban J connectivity index is 2.20. The van der Waals surface area contributed by atoms with Gasteiger partial charge in [-0.2, -0.15) is 0 Å². The van der Waals surface area contributed by atoms with Crippen molar-refractivity contribution in [3.63, 3.8) is 0 Å². The normalized spacial score (nSPS) is 16.5. The van der Waals surface area contributed by atoms with E-state index in [2.05, 4.69) is 25.7 Å². The van der Waals surface area contributed by atoms with Gasteiger partial charge in [0.05, 0.1) is 13.2 Å². The van der Waals surface area contributed by atoms with Gasteiger partial charge in [0.2, 0.25) is 0 Å². The van der Waals surface area contributed by atoms with Crippen LogP contribution < -0.4 is 0 Å². The Hall–Kier alpha value is -1.14. The largest absolute Gasteiger partial charge is 0.466 e.